The number of nitrogens with zero attached hydrogens (tertiary/aromatic N) is 1. The Bertz CT molecular complexity index is 736. The molecule has 1 aromatic heterocycles. The van der Waals surface area contributed by atoms with Crippen LogP contribution < -0.4 is 5.32 Å². The van der Waals surface area contributed by atoms with Gasteiger partial charge in [0.15, 0.2) is 0 Å². The van der Waals surface area contributed by atoms with Crippen LogP contribution in [-0.2, 0) is 6.42 Å². The number of rotatable bonds is 3. The highest BCUT2D eigenvalue weighted by Gasteiger charge is 2.03. The quantitative estimate of drug-likeness (QED) is 0.712. The molecule has 0 aliphatic rings. The molecule has 0 aliphatic carbocycles. The fourth-order valence-corrected chi connectivity index (χ4v) is 2.39. The van der Waals surface area contributed by atoms with Crippen molar-refractivity contribution in [2.45, 2.75) is 20.3 Å². The minimum Gasteiger partial charge on any atom is -0.355 e. The summed E-state index contributed by atoms with van der Waals surface area (Å²) < 4.78 is 0. The lowest BCUT2D eigenvalue weighted by molar-refractivity contribution is 1.14. The van der Waals surface area contributed by atoms with Crippen molar-refractivity contribution >= 4 is 34.7 Å². The fourth-order valence-electron chi connectivity index (χ4n) is 2.39. The Balaban J connectivity index is 0.00000161. The SMILES string of the molecule is CCc1ccc(Nc2cc(C)nc3ccccc23)cc1.Cl. The van der Waals surface area contributed by atoms with Crippen LogP contribution in [0.15, 0.2) is 54.6 Å². The highest BCUT2D eigenvalue weighted by atomic mass is 35.5. The van der Waals surface area contributed by atoms with E-state index in [0.29, 0.717) is 0 Å². The molecule has 108 valence electrons. The topological polar surface area (TPSA) is 24.9 Å². The predicted octanol–water partition coefficient (Wildman–Crippen LogP) is 5.27. The molecule has 0 atom stereocenters. The van der Waals surface area contributed by atoms with Gasteiger partial charge in [-0.15, -0.1) is 12.4 Å². The summed E-state index contributed by atoms with van der Waals surface area (Å²) in [6.07, 6.45) is 1.07. The number of pyridine rings is 1. The summed E-state index contributed by atoms with van der Waals surface area (Å²) in [5.41, 5.74) is 5.62. The van der Waals surface area contributed by atoms with Crippen molar-refractivity contribution in [3.63, 3.8) is 0 Å². The third kappa shape index (κ3) is 3.34. The normalized spacial score (nSPS) is 10.2. The Morgan fingerprint density at radius 1 is 1.00 bits per heavy atom. The van der Waals surface area contributed by atoms with Crippen LogP contribution in [0.3, 0.4) is 0 Å². The molecule has 21 heavy (non-hydrogen) atoms. The second kappa shape index (κ2) is 6.59. The molecule has 3 heteroatoms. The number of para-hydroxylation sites is 1. The number of aromatic nitrogens is 1. The van der Waals surface area contributed by atoms with E-state index in [-0.39, 0.29) is 12.4 Å². The second-order valence-corrected chi connectivity index (χ2v) is 5.00. The summed E-state index contributed by atoms with van der Waals surface area (Å²) in [5.74, 6) is 0. The maximum absolute atomic E-state index is 4.57. The van der Waals surface area contributed by atoms with Crippen LogP contribution in [0.4, 0.5) is 11.4 Å². The standard InChI is InChI=1S/C18H18N2.ClH/c1-3-14-8-10-15(11-9-14)20-18-12-13(2)19-17-7-5-4-6-16(17)18;/h4-12H,3H2,1-2H3,(H,19,20);1H. The number of fused-ring (bicyclic) bond motifs is 1. The van der Waals surface area contributed by atoms with Gasteiger partial charge in [-0.1, -0.05) is 37.3 Å². The molecule has 0 radical (unpaired) electrons. The first-order valence-corrected chi connectivity index (χ1v) is 6.98. The lowest BCUT2D eigenvalue weighted by Crippen LogP contribution is -1.94. The molecular formula is C18H19ClN2. The van der Waals surface area contributed by atoms with Crippen LogP contribution in [0.25, 0.3) is 10.9 Å². The van der Waals surface area contributed by atoms with E-state index in [1.807, 2.05) is 25.1 Å². The van der Waals surface area contributed by atoms with Crippen LogP contribution in [0.1, 0.15) is 18.2 Å². The molecule has 0 saturated heterocycles. The average Bonchev–Trinajstić information content (AvgIpc) is 2.48. The molecule has 3 rings (SSSR count). The van der Waals surface area contributed by atoms with E-state index in [1.54, 1.807) is 0 Å². The third-order valence-corrected chi connectivity index (χ3v) is 3.49. The van der Waals surface area contributed by atoms with Gasteiger partial charge in [-0.3, -0.25) is 4.98 Å². The number of hydrogen-bond donors (Lipinski definition) is 1. The highest BCUT2D eigenvalue weighted by Crippen LogP contribution is 2.26. The molecule has 0 saturated carbocycles. The van der Waals surface area contributed by atoms with Gasteiger partial charge in [0.1, 0.15) is 0 Å². The first-order chi connectivity index (χ1) is 9.76. The largest absolute Gasteiger partial charge is 0.355 e. The van der Waals surface area contributed by atoms with Gasteiger partial charge in [0.25, 0.3) is 0 Å². The summed E-state index contributed by atoms with van der Waals surface area (Å²) >= 11 is 0. The van der Waals surface area contributed by atoms with Crippen molar-refractivity contribution in [2.24, 2.45) is 0 Å². The van der Waals surface area contributed by atoms with E-state index >= 15 is 0 Å². The molecule has 0 fully saturated rings. The lowest BCUT2D eigenvalue weighted by atomic mass is 10.1. The summed E-state index contributed by atoms with van der Waals surface area (Å²) in [5, 5.41) is 4.65. The van der Waals surface area contributed by atoms with Crippen molar-refractivity contribution in [3.8, 4) is 0 Å². The van der Waals surface area contributed by atoms with Crippen molar-refractivity contribution in [1.82, 2.24) is 4.98 Å². The first kappa shape index (κ1) is 15.3. The molecule has 0 aliphatic heterocycles. The van der Waals surface area contributed by atoms with Gasteiger partial charge < -0.3 is 5.32 Å². The number of hydrogen-bond acceptors (Lipinski definition) is 2. The van der Waals surface area contributed by atoms with Crippen LogP contribution in [0.2, 0.25) is 0 Å². The number of aryl methyl sites for hydroxylation is 2. The fraction of sp³-hybridized carbons (Fsp3) is 0.167. The minimum atomic E-state index is 0. The van der Waals surface area contributed by atoms with Crippen molar-refractivity contribution in [2.75, 3.05) is 5.32 Å². The number of anilines is 2. The van der Waals surface area contributed by atoms with Gasteiger partial charge in [-0.25, -0.2) is 0 Å². The Hall–Kier alpha value is -2.06. The van der Waals surface area contributed by atoms with E-state index < -0.39 is 0 Å². The molecule has 1 heterocycles. The zero-order chi connectivity index (χ0) is 13.9. The summed E-state index contributed by atoms with van der Waals surface area (Å²) in [4.78, 5) is 4.57. The number of nitrogens with one attached hydrogen (secondary N) is 1. The Labute approximate surface area is 131 Å². The Kier molecular flexibility index (Phi) is 4.81. The van der Waals surface area contributed by atoms with Crippen LogP contribution in [-0.4, -0.2) is 4.98 Å². The molecule has 2 nitrogen and oxygen atoms in total. The molecule has 0 unspecified atom stereocenters. The van der Waals surface area contributed by atoms with Crippen LogP contribution >= 0.6 is 12.4 Å². The maximum atomic E-state index is 4.57. The van der Waals surface area contributed by atoms with Gasteiger partial charge in [0.05, 0.1) is 5.52 Å². The third-order valence-electron chi connectivity index (χ3n) is 3.49. The molecule has 1 N–H and O–H groups in total. The smallest absolute Gasteiger partial charge is 0.0726 e. The number of halogens is 1. The molecule has 0 bridgehead atoms. The van der Waals surface area contributed by atoms with Gasteiger partial charge in [0.2, 0.25) is 0 Å². The van der Waals surface area contributed by atoms with Crippen LogP contribution in [0.5, 0.6) is 0 Å². The second-order valence-electron chi connectivity index (χ2n) is 5.00. The monoisotopic (exact) mass is 298 g/mol. The van der Waals surface area contributed by atoms with Crippen molar-refractivity contribution < 1.29 is 0 Å². The van der Waals surface area contributed by atoms with E-state index in [9.17, 15) is 0 Å². The van der Waals surface area contributed by atoms with E-state index in [1.165, 1.54) is 5.56 Å². The summed E-state index contributed by atoms with van der Waals surface area (Å²) in [6, 6.07) is 18.9. The molecule has 0 spiro atoms. The average molecular weight is 299 g/mol. The zero-order valence-corrected chi connectivity index (χ0v) is 13.1. The van der Waals surface area contributed by atoms with E-state index in [4.69, 9.17) is 0 Å². The predicted molar refractivity (Wildman–Crippen MR) is 92.8 cm³/mol. The Morgan fingerprint density at radius 3 is 2.43 bits per heavy atom. The Morgan fingerprint density at radius 2 is 1.71 bits per heavy atom. The molecule has 3 aromatic rings. The van der Waals surface area contributed by atoms with Gasteiger partial charge >= 0.3 is 0 Å². The van der Waals surface area contributed by atoms with Gasteiger partial charge in [0, 0.05) is 22.5 Å². The highest BCUT2D eigenvalue weighted by molar-refractivity contribution is 5.93. The van der Waals surface area contributed by atoms with Gasteiger partial charge in [-0.05, 0) is 43.2 Å². The lowest BCUT2D eigenvalue weighted by Gasteiger charge is -2.11. The first-order valence-electron chi connectivity index (χ1n) is 6.98. The van der Waals surface area contributed by atoms with E-state index in [2.05, 4.69) is 53.6 Å². The van der Waals surface area contributed by atoms with Crippen molar-refractivity contribution in [3.05, 3.63) is 65.9 Å². The zero-order valence-electron chi connectivity index (χ0n) is 12.3. The molecule has 0 amide bonds. The van der Waals surface area contributed by atoms with E-state index in [0.717, 1.165) is 34.4 Å². The number of benzene rings is 2. The molecule has 2 aromatic carbocycles. The summed E-state index contributed by atoms with van der Waals surface area (Å²) in [6.45, 7) is 4.19. The minimum absolute atomic E-state index is 0. The maximum Gasteiger partial charge on any atom is 0.0726 e. The van der Waals surface area contributed by atoms with Gasteiger partial charge in [-0.2, -0.15) is 0 Å². The summed E-state index contributed by atoms with van der Waals surface area (Å²) in [7, 11) is 0. The van der Waals surface area contributed by atoms with Crippen LogP contribution in [0, 0.1) is 6.92 Å². The molecular weight excluding hydrogens is 280 g/mol. The van der Waals surface area contributed by atoms with Crippen molar-refractivity contribution in [1.29, 1.82) is 0 Å².